The first-order valence-electron chi connectivity index (χ1n) is 8.28. The van der Waals surface area contributed by atoms with Gasteiger partial charge in [0.25, 0.3) is 5.91 Å². The molecule has 0 aliphatic rings. The van der Waals surface area contributed by atoms with Crippen LogP contribution in [0.15, 0.2) is 67.0 Å². The molecule has 3 aromatic rings. The minimum atomic E-state index is -0.286. The number of benzene rings is 2. The van der Waals surface area contributed by atoms with Crippen molar-refractivity contribution in [2.45, 2.75) is 19.5 Å². The monoisotopic (exact) mass is 350 g/mol. The molecule has 132 valence electrons. The molecule has 5 nitrogen and oxygen atoms in total. The van der Waals surface area contributed by atoms with Crippen LogP contribution >= 0.6 is 0 Å². The number of amides is 1. The molecule has 0 aliphatic carbocycles. The number of carbonyl (C=O) groups excluding carboxylic acids is 1. The maximum atomic E-state index is 13.6. The first-order chi connectivity index (χ1) is 12.6. The third-order valence-corrected chi connectivity index (χ3v) is 3.96. The Morgan fingerprint density at radius 1 is 1.04 bits per heavy atom. The Labute approximate surface area is 151 Å². The van der Waals surface area contributed by atoms with Crippen LogP contribution in [0.4, 0.5) is 10.3 Å². The second-order valence-electron chi connectivity index (χ2n) is 5.85. The molecule has 2 N–H and O–H groups in total. The van der Waals surface area contributed by atoms with Crippen molar-refractivity contribution < 1.29 is 9.18 Å². The summed E-state index contributed by atoms with van der Waals surface area (Å²) < 4.78 is 13.6. The Balaban J connectivity index is 1.58. The molecule has 1 unspecified atom stereocenters. The third kappa shape index (κ3) is 4.42. The summed E-state index contributed by atoms with van der Waals surface area (Å²) in [6.07, 6.45) is 2.90. The van der Waals surface area contributed by atoms with Crippen LogP contribution < -0.4 is 10.6 Å². The number of halogens is 1. The third-order valence-electron chi connectivity index (χ3n) is 3.96. The van der Waals surface area contributed by atoms with Gasteiger partial charge >= 0.3 is 0 Å². The topological polar surface area (TPSA) is 66.9 Å². The highest BCUT2D eigenvalue weighted by Crippen LogP contribution is 2.13. The van der Waals surface area contributed by atoms with Gasteiger partial charge in [0, 0.05) is 24.5 Å². The van der Waals surface area contributed by atoms with Gasteiger partial charge in [-0.15, -0.1) is 0 Å². The first kappa shape index (κ1) is 17.5. The Morgan fingerprint density at radius 2 is 1.69 bits per heavy atom. The lowest BCUT2D eigenvalue weighted by atomic mass is 10.1. The number of carbonyl (C=O) groups is 1. The zero-order chi connectivity index (χ0) is 18.4. The van der Waals surface area contributed by atoms with Gasteiger partial charge in [0.2, 0.25) is 5.95 Å². The van der Waals surface area contributed by atoms with Gasteiger partial charge in [-0.1, -0.05) is 48.5 Å². The van der Waals surface area contributed by atoms with Crippen molar-refractivity contribution in [1.82, 2.24) is 15.3 Å². The highest BCUT2D eigenvalue weighted by atomic mass is 19.1. The van der Waals surface area contributed by atoms with Gasteiger partial charge in [-0.2, -0.15) is 0 Å². The molecule has 1 amide bonds. The lowest BCUT2D eigenvalue weighted by molar-refractivity contribution is 0.0939. The molecule has 0 saturated carbocycles. The van der Waals surface area contributed by atoms with E-state index >= 15 is 0 Å². The average molecular weight is 350 g/mol. The average Bonchev–Trinajstić information content (AvgIpc) is 2.68. The maximum Gasteiger partial charge on any atom is 0.254 e. The molecule has 0 fully saturated rings. The Kier molecular flexibility index (Phi) is 5.53. The van der Waals surface area contributed by atoms with Crippen LogP contribution in [-0.4, -0.2) is 15.9 Å². The number of nitrogens with one attached hydrogen (secondary N) is 2. The molecular formula is C20H19FN4O. The Hall–Kier alpha value is -3.28. The summed E-state index contributed by atoms with van der Waals surface area (Å²) in [4.78, 5) is 20.5. The summed E-state index contributed by atoms with van der Waals surface area (Å²) in [5.41, 5.74) is 1.91. The number of nitrogens with zero attached hydrogens (tertiary/aromatic N) is 2. The zero-order valence-electron chi connectivity index (χ0n) is 14.3. The highest BCUT2D eigenvalue weighted by molar-refractivity contribution is 5.93. The van der Waals surface area contributed by atoms with E-state index in [1.807, 2.05) is 37.3 Å². The SMILES string of the molecule is CC(NC(=O)c1cnc(NCc2ccccc2F)nc1)c1ccccc1. The minimum Gasteiger partial charge on any atom is -0.350 e. The molecule has 0 aliphatic heterocycles. The molecule has 0 radical (unpaired) electrons. The largest absolute Gasteiger partial charge is 0.350 e. The van der Waals surface area contributed by atoms with E-state index in [0.717, 1.165) is 5.56 Å². The molecule has 0 spiro atoms. The smallest absolute Gasteiger partial charge is 0.254 e. The van der Waals surface area contributed by atoms with Crippen LogP contribution in [0.3, 0.4) is 0 Å². The summed E-state index contributed by atoms with van der Waals surface area (Å²) in [5.74, 6) is -0.200. The fourth-order valence-electron chi connectivity index (χ4n) is 2.46. The van der Waals surface area contributed by atoms with Gasteiger partial charge in [-0.3, -0.25) is 4.79 Å². The van der Waals surface area contributed by atoms with Gasteiger partial charge in [0.05, 0.1) is 11.6 Å². The molecule has 0 bridgehead atoms. The molecule has 26 heavy (non-hydrogen) atoms. The normalized spacial score (nSPS) is 11.6. The van der Waals surface area contributed by atoms with Gasteiger partial charge < -0.3 is 10.6 Å². The predicted octanol–water partition coefficient (Wildman–Crippen LogP) is 3.72. The first-order valence-corrected chi connectivity index (χ1v) is 8.28. The summed E-state index contributed by atoms with van der Waals surface area (Å²) in [7, 11) is 0. The van der Waals surface area contributed by atoms with Gasteiger partial charge in [-0.25, -0.2) is 14.4 Å². The maximum absolute atomic E-state index is 13.6. The van der Waals surface area contributed by atoms with Gasteiger partial charge in [-0.05, 0) is 18.6 Å². The molecule has 1 atom stereocenters. The standard InChI is InChI=1S/C20H19FN4O/c1-14(15-7-3-2-4-8-15)25-19(26)17-12-23-20(24-13-17)22-11-16-9-5-6-10-18(16)21/h2-10,12-14H,11H2,1H3,(H,25,26)(H,22,23,24). The van der Waals surface area contributed by atoms with Crippen LogP contribution in [0.1, 0.15) is 34.5 Å². The Bertz CT molecular complexity index is 868. The van der Waals surface area contributed by atoms with E-state index in [-0.39, 0.29) is 24.3 Å². The van der Waals surface area contributed by atoms with Crippen molar-refractivity contribution in [2.24, 2.45) is 0 Å². The van der Waals surface area contributed by atoms with E-state index in [9.17, 15) is 9.18 Å². The van der Waals surface area contributed by atoms with Crippen LogP contribution in [0.2, 0.25) is 0 Å². The lowest BCUT2D eigenvalue weighted by Gasteiger charge is -2.14. The van der Waals surface area contributed by atoms with E-state index in [2.05, 4.69) is 20.6 Å². The minimum absolute atomic E-state index is 0.123. The molecular weight excluding hydrogens is 331 g/mol. The molecule has 0 saturated heterocycles. The number of hydrogen-bond donors (Lipinski definition) is 2. The molecule has 6 heteroatoms. The Morgan fingerprint density at radius 3 is 2.38 bits per heavy atom. The molecule has 1 aromatic heterocycles. The second-order valence-corrected chi connectivity index (χ2v) is 5.85. The van der Waals surface area contributed by atoms with Gasteiger partial charge in [0.1, 0.15) is 5.82 Å². The predicted molar refractivity (Wildman–Crippen MR) is 98.1 cm³/mol. The molecule has 1 heterocycles. The summed E-state index contributed by atoms with van der Waals surface area (Å²) >= 11 is 0. The van der Waals surface area contributed by atoms with Crippen LogP contribution in [0, 0.1) is 5.82 Å². The fourth-order valence-corrected chi connectivity index (χ4v) is 2.46. The van der Waals surface area contributed by atoms with Crippen molar-refractivity contribution in [3.63, 3.8) is 0 Å². The van der Waals surface area contributed by atoms with Crippen molar-refractivity contribution in [2.75, 3.05) is 5.32 Å². The summed E-state index contributed by atoms with van der Waals surface area (Å²) in [5, 5.41) is 5.85. The number of hydrogen-bond acceptors (Lipinski definition) is 4. The van der Waals surface area contributed by atoms with Crippen LogP contribution in [0.25, 0.3) is 0 Å². The van der Waals surface area contributed by atoms with Crippen molar-refractivity contribution in [3.8, 4) is 0 Å². The fraction of sp³-hybridized carbons (Fsp3) is 0.150. The van der Waals surface area contributed by atoms with E-state index < -0.39 is 0 Å². The molecule has 2 aromatic carbocycles. The van der Waals surface area contributed by atoms with E-state index in [1.54, 1.807) is 18.2 Å². The van der Waals surface area contributed by atoms with Crippen molar-refractivity contribution >= 4 is 11.9 Å². The van der Waals surface area contributed by atoms with E-state index in [4.69, 9.17) is 0 Å². The van der Waals surface area contributed by atoms with Crippen LogP contribution in [0.5, 0.6) is 0 Å². The number of aromatic nitrogens is 2. The summed E-state index contributed by atoms with van der Waals surface area (Å²) in [6, 6.07) is 16.1. The quantitative estimate of drug-likeness (QED) is 0.711. The zero-order valence-corrected chi connectivity index (χ0v) is 14.3. The van der Waals surface area contributed by atoms with Crippen LogP contribution in [-0.2, 0) is 6.54 Å². The summed E-state index contributed by atoms with van der Waals surface area (Å²) in [6.45, 7) is 2.18. The van der Waals surface area contributed by atoms with E-state index in [0.29, 0.717) is 17.1 Å². The van der Waals surface area contributed by atoms with E-state index in [1.165, 1.54) is 18.5 Å². The number of rotatable bonds is 6. The lowest BCUT2D eigenvalue weighted by Crippen LogP contribution is -2.26. The van der Waals surface area contributed by atoms with Crippen molar-refractivity contribution in [1.29, 1.82) is 0 Å². The van der Waals surface area contributed by atoms with Gasteiger partial charge in [0.15, 0.2) is 0 Å². The highest BCUT2D eigenvalue weighted by Gasteiger charge is 2.12. The molecule has 3 rings (SSSR count). The van der Waals surface area contributed by atoms with Crippen molar-refractivity contribution in [3.05, 3.63) is 89.5 Å². The second kappa shape index (κ2) is 8.20. The number of anilines is 1.